The molecule has 6 nitrogen and oxygen atoms in total. The Labute approximate surface area is 117 Å². The van der Waals surface area contributed by atoms with Gasteiger partial charge in [0.05, 0.1) is 10.3 Å². The lowest BCUT2D eigenvalue weighted by Crippen LogP contribution is -2.43. The molecule has 2 rings (SSSR count). The number of nitrogens with zero attached hydrogens (tertiary/aromatic N) is 1. The van der Waals surface area contributed by atoms with Gasteiger partial charge in [-0.05, 0) is 19.9 Å². The van der Waals surface area contributed by atoms with Gasteiger partial charge in [-0.3, -0.25) is 9.89 Å². The van der Waals surface area contributed by atoms with Crippen molar-refractivity contribution in [1.29, 1.82) is 0 Å². The molecule has 0 saturated heterocycles. The Morgan fingerprint density at radius 2 is 2.00 bits per heavy atom. The number of para-hydroxylation sites is 1. The van der Waals surface area contributed by atoms with Gasteiger partial charge in [0.1, 0.15) is 0 Å². The van der Waals surface area contributed by atoms with E-state index in [0.717, 1.165) is 11.8 Å². The zero-order valence-corrected chi connectivity index (χ0v) is 12.4. The van der Waals surface area contributed by atoms with Gasteiger partial charge in [-0.25, -0.2) is 8.42 Å². The summed E-state index contributed by atoms with van der Waals surface area (Å²) in [5.41, 5.74) is 1.03. The molecule has 0 atom stereocenters. The predicted molar refractivity (Wildman–Crippen MR) is 77.3 cm³/mol. The predicted octanol–water partition coefficient (Wildman–Crippen LogP) is 1.12. The van der Waals surface area contributed by atoms with E-state index in [1.807, 2.05) is 18.2 Å². The van der Waals surface area contributed by atoms with E-state index in [-0.39, 0.29) is 18.1 Å². The number of carbonyl (C=O) groups excluding carboxylic acids is 1. The number of fused-ring (bicyclic) bond motifs is 1. The van der Waals surface area contributed by atoms with Crippen molar-refractivity contribution >= 4 is 26.6 Å². The largest absolute Gasteiger partial charge is 0.349 e. The molecule has 1 amide bonds. The maximum atomic E-state index is 12.1. The summed E-state index contributed by atoms with van der Waals surface area (Å²) in [6, 6.07) is 7.26. The minimum absolute atomic E-state index is 0.0336. The average Bonchev–Trinajstić information content (AvgIpc) is 2.78. The quantitative estimate of drug-likeness (QED) is 0.884. The van der Waals surface area contributed by atoms with Crippen molar-refractivity contribution in [2.75, 3.05) is 12.8 Å². The Morgan fingerprint density at radius 1 is 1.35 bits per heavy atom. The molecule has 108 valence electrons. The van der Waals surface area contributed by atoms with Crippen LogP contribution in [-0.4, -0.2) is 42.1 Å². The summed E-state index contributed by atoms with van der Waals surface area (Å²) in [6.07, 6.45) is 1.16. The third kappa shape index (κ3) is 2.67. The molecule has 0 saturated carbocycles. The van der Waals surface area contributed by atoms with E-state index >= 15 is 0 Å². The lowest BCUT2D eigenvalue weighted by atomic mass is 10.2. The molecule has 2 N–H and O–H groups in total. The van der Waals surface area contributed by atoms with Crippen LogP contribution in [0.4, 0.5) is 0 Å². The van der Waals surface area contributed by atoms with Crippen molar-refractivity contribution in [1.82, 2.24) is 15.5 Å². The number of rotatable bonds is 4. The van der Waals surface area contributed by atoms with Crippen molar-refractivity contribution in [2.45, 2.75) is 18.6 Å². The highest BCUT2D eigenvalue weighted by molar-refractivity contribution is 7.92. The lowest BCUT2D eigenvalue weighted by Gasteiger charge is -2.22. The number of benzene rings is 1. The summed E-state index contributed by atoms with van der Waals surface area (Å²) in [6.45, 7) is 3.18. The number of carbonyl (C=O) groups is 1. The summed E-state index contributed by atoms with van der Waals surface area (Å²) < 4.78 is 22.2. The monoisotopic (exact) mass is 295 g/mol. The molecular formula is C13H17N3O3S. The molecule has 0 radical (unpaired) electrons. The van der Waals surface area contributed by atoms with E-state index in [1.54, 1.807) is 19.9 Å². The Kier molecular flexibility index (Phi) is 3.56. The zero-order valence-electron chi connectivity index (χ0n) is 11.6. The first-order chi connectivity index (χ1) is 9.22. The van der Waals surface area contributed by atoms with Gasteiger partial charge in [0.15, 0.2) is 15.5 Å². The van der Waals surface area contributed by atoms with Gasteiger partial charge in [-0.2, -0.15) is 5.10 Å². The highest BCUT2D eigenvalue weighted by Crippen LogP contribution is 2.16. The first kappa shape index (κ1) is 14.5. The molecule has 2 aromatic rings. The number of aromatic nitrogens is 2. The van der Waals surface area contributed by atoms with Crippen LogP contribution in [0, 0.1) is 0 Å². The minimum atomic E-state index is -3.25. The third-order valence-electron chi connectivity index (χ3n) is 3.36. The van der Waals surface area contributed by atoms with Gasteiger partial charge in [0.25, 0.3) is 5.91 Å². The number of amides is 1. The summed E-state index contributed by atoms with van der Waals surface area (Å²) >= 11 is 0. The SMILES string of the molecule is CC(C)(CNC(=O)c1n[nH]c2ccccc12)S(C)(=O)=O. The number of hydrogen-bond donors (Lipinski definition) is 2. The first-order valence-corrected chi connectivity index (χ1v) is 8.02. The lowest BCUT2D eigenvalue weighted by molar-refractivity contribution is 0.0947. The molecule has 0 unspecified atom stereocenters. The van der Waals surface area contributed by atoms with Gasteiger partial charge in [-0.15, -0.1) is 0 Å². The first-order valence-electron chi connectivity index (χ1n) is 6.13. The van der Waals surface area contributed by atoms with Crippen LogP contribution in [0.3, 0.4) is 0 Å². The van der Waals surface area contributed by atoms with Crippen LogP contribution in [0.2, 0.25) is 0 Å². The van der Waals surface area contributed by atoms with E-state index in [2.05, 4.69) is 15.5 Å². The fraction of sp³-hybridized carbons (Fsp3) is 0.385. The minimum Gasteiger partial charge on any atom is -0.349 e. The van der Waals surface area contributed by atoms with Gasteiger partial charge in [0.2, 0.25) is 0 Å². The van der Waals surface area contributed by atoms with E-state index in [9.17, 15) is 13.2 Å². The van der Waals surface area contributed by atoms with Gasteiger partial charge >= 0.3 is 0 Å². The van der Waals surface area contributed by atoms with E-state index in [1.165, 1.54) is 0 Å². The summed E-state index contributed by atoms with van der Waals surface area (Å²) in [5, 5.41) is 10.1. The second-order valence-electron chi connectivity index (χ2n) is 5.33. The van der Waals surface area contributed by atoms with Crippen LogP contribution >= 0.6 is 0 Å². The maximum Gasteiger partial charge on any atom is 0.272 e. The molecule has 20 heavy (non-hydrogen) atoms. The molecule has 0 aliphatic rings. The smallest absolute Gasteiger partial charge is 0.272 e. The van der Waals surface area contributed by atoms with Crippen LogP contribution in [0.1, 0.15) is 24.3 Å². The second-order valence-corrected chi connectivity index (χ2v) is 7.98. The molecular weight excluding hydrogens is 278 g/mol. The summed E-state index contributed by atoms with van der Waals surface area (Å²) in [4.78, 5) is 12.1. The van der Waals surface area contributed by atoms with Gasteiger partial charge < -0.3 is 5.32 Å². The summed E-state index contributed by atoms with van der Waals surface area (Å²) in [5.74, 6) is -0.390. The maximum absolute atomic E-state index is 12.1. The van der Waals surface area contributed by atoms with E-state index in [0.29, 0.717) is 5.39 Å². The molecule has 1 heterocycles. The highest BCUT2D eigenvalue weighted by Gasteiger charge is 2.31. The number of hydrogen-bond acceptors (Lipinski definition) is 4. The van der Waals surface area contributed by atoms with Gasteiger partial charge in [0, 0.05) is 18.2 Å². The normalized spacial score (nSPS) is 12.6. The fourth-order valence-corrected chi connectivity index (χ4v) is 1.98. The average molecular weight is 295 g/mol. The molecule has 1 aromatic heterocycles. The van der Waals surface area contributed by atoms with Gasteiger partial charge in [-0.1, -0.05) is 18.2 Å². The van der Waals surface area contributed by atoms with Crippen LogP contribution in [-0.2, 0) is 9.84 Å². The Balaban J connectivity index is 2.18. The van der Waals surface area contributed by atoms with E-state index < -0.39 is 14.6 Å². The molecule has 0 fully saturated rings. The van der Waals surface area contributed by atoms with Crippen LogP contribution in [0.25, 0.3) is 10.9 Å². The molecule has 0 bridgehead atoms. The topological polar surface area (TPSA) is 91.9 Å². The second kappa shape index (κ2) is 4.90. The molecule has 0 aliphatic heterocycles. The Hall–Kier alpha value is -1.89. The van der Waals surface area contributed by atoms with Crippen LogP contribution in [0.15, 0.2) is 24.3 Å². The molecule has 0 spiro atoms. The molecule has 1 aromatic carbocycles. The molecule has 7 heteroatoms. The number of sulfone groups is 1. The standard InChI is InChI=1S/C13H17N3O3S/c1-13(2,20(3,18)19)8-14-12(17)11-9-6-4-5-7-10(9)15-16-11/h4-7H,8H2,1-3H3,(H,14,17)(H,15,16). The Morgan fingerprint density at radius 3 is 2.65 bits per heavy atom. The van der Waals surface area contributed by atoms with Crippen molar-refractivity contribution in [3.05, 3.63) is 30.0 Å². The summed E-state index contributed by atoms with van der Waals surface area (Å²) in [7, 11) is -3.25. The molecule has 0 aliphatic carbocycles. The van der Waals surface area contributed by atoms with Crippen molar-refractivity contribution in [3.8, 4) is 0 Å². The fourth-order valence-electron chi connectivity index (χ4n) is 1.64. The number of aromatic amines is 1. The van der Waals surface area contributed by atoms with Crippen molar-refractivity contribution in [3.63, 3.8) is 0 Å². The van der Waals surface area contributed by atoms with Crippen molar-refractivity contribution < 1.29 is 13.2 Å². The van der Waals surface area contributed by atoms with Crippen LogP contribution in [0.5, 0.6) is 0 Å². The van der Waals surface area contributed by atoms with E-state index in [4.69, 9.17) is 0 Å². The third-order valence-corrected chi connectivity index (χ3v) is 5.52. The van der Waals surface area contributed by atoms with Crippen molar-refractivity contribution in [2.24, 2.45) is 0 Å². The highest BCUT2D eigenvalue weighted by atomic mass is 32.2. The number of H-pyrrole nitrogens is 1. The Bertz CT molecular complexity index is 747. The van der Waals surface area contributed by atoms with Crippen LogP contribution < -0.4 is 5.32 Å². The zero-order chi connectivity index (χ0) is 15.0. The number of nitrogens with one attached hydrogen (secondary N) is 2.